The number of rotatable bonds is 15. The molecular weight excluding hydrogens is 950 g/mol. The van der Waals surface area contributed by atoms with E-state index in [0.717, 1.165) is 145 Å². The van der Waals surface area contributed by atoms with Gasteiger partial charge in [-0.2, -0.15) is 0 Å². The van der Waals surface area contributed by atoms with Gasteiger partial charge in [0, 0.05) is 72.7 Å². The van der Waals surface area contributed by atoms with E-state index >= 15 is 0 Å². The van der Waals surface area contributed by atoms with Gasteiger partial charge in [0.2, 0.25) is 0 Å². The molecule has 0 saturated heterocycles. The highest BCUT2D eigenvalue weighted by Gasteiger charge is 2.48. The van der Waals surface area contributed by atoms with Gasteiger partial charge in [-0.25, -0.2) is 0 Å². The van der Waals surface area contributed by atoms with Crippen LogP contribution in [0.3, 0.4) is 0 Å². The zero-order chi connectivity index (χ0) is 52.3. The van der Waals surface area contributed by atoms with Crippen molar-refractivity contribution >= 4 is 107 Å². The van der Waals surface area contributed by atoms with Crippen molar-refractivity contribution in [2.24, 2.45) is 0 Å². The van der Waals surface area contributed by atoms with E-state index < -0.39 is 0 Å². The molecule has 0 saturated carbocycles. The smallest absolute Gasteiger partial charge is 0.333 e. The van der Waals surface area contributed by atoms with Crippen LogP contribution in [0.5, 0.6) is 0 Å². The Morgan fingerprint density at radius 1 is 0.436 bits per heavy atom. The number of nitrogens with zero attached hydrogens (tertiary/aromatic N) is 3. The second kappa shape index (κ2) is 20.0. The first kappa shape index (κ1) is 47.7. The normalized spacial score (nSPS) is 12.7. The molecule has 0 radical (unpaired) electrons. The quantitative estimate of drug-likeness (QED) is 0.0957. The zero-order valence-corrected chi connectivity index (χ0v) is 44.8. The van der Waals surface area contributed by atoms with Gasteiger partial charge in [0.05, 0.1) is 11.1 Å². The van der Waals surface area contributed by atoms with Crippen LogP contribution in [0, 0.1) is 0 Å². The summed E-state index contributed by atoms with van der Waals surface area (Å²) in [6, 6.07) is 79.2. The molecule has 0 fully saturated rings. The molecule has 0 spiro atoms. The maximum Gasteiger partial charge on any atom is 0.333 e. The molecular formula is C72H62BN3O2. The average molecular weight is 1010 g/mol. The van der Waals surface area contributed by atoms with Crippen molar-refractivity contribution in [3.8, 4) is 22.3 Å². The molecule has 0 aliphatic carbocycles. The van der Waals surface area contributed by atoms with Crippen molar-refractivity contribution in [2.45, 2.75) is 78.6 Å². The minimum atomic E-state index is -0.284. The standard InChI is InChI=1S/C72H62BN3O2/c1-4-7-20-48-31-36-53(37-32-48)74(52-25-14-11-15-26-52)55-40-42-61-63(46-55)75(62-43-35-50(22-9-6-3)45-59(62)51-23-12-10-13-24-51)64-47-60-56-27-16-18-29-65(56)78-72(60)69-58-41-44-67-68(57-28-17-19-30-66(57)77-67)71(58)76(73(61)70(64)69)54-38-33-49(34-39-54)21-8-5-2/h10-19,23-47H,4-9,20-22H2,1-3H3. The van der Waals surface area contributed by atoms with Gasteiger partial charge in [-0.3, -0.25) is 0 Å². The van der Waals surface area contributed by atoms with Crippen LogP contribution in [-0.4, -0.2) is 6.85 Å². The topological polar surface area (TPSA) is 36.0 Å². The summed E-state index contributed by atoms with van der Waals surface area (Å²) in [7, 11) is 0. The molecule has 380 valence electrons. The Kier molecular flexibility index (Phi) is 12.2. The lowest BCUT2D eigenvalue weighted by atomic mass is 9.43. The predicted molar refractivity (Wildman–Crippen MR) is 331 cm³/mol. The molecule has 2 aliphatic rings. The first-order valence-corrected chi connectivity index (χ1v) is 28.5. The highest BCUT2D eigenvalue weighted by Crippen LogP contribution is 2.55. The number of benzene rings is 10. The van der Waals surface area contributed by atoms with Crippen LogP contribution in [0.15, 0.2) is 221 Å². The van der Waals surface area contributed by atoms with Gasteiger partial charge < -0.3 is 23.4 Å². The van der Waals surface area contributed by atoms with Gasteiger partial charge in [-0.15, -0.1) is 0 Å². The highest BCUT2D eigenvalue weighted by atomic mass is 16.3. The summed E-state index contributed by atoms with van der Waals surface area (Å²) in [4.78, 5) is 7.70. The Morgan fingerprint density at radius 3 is 1.76 bits per heavy atom. The molecule has 2 aliphatic heterocycles. The average Bonchev–Trinajstić information content (AvgIpc) is 4.18. The minimum absolute atomic E-state index is 0.284. The fourth-order valence-electron chi connectivity index (χ4n) is 12.7. The monoisotopic (exact) mass is 1010 g/mol. The number of unbranched alkanes of at least 4 members (excludes halogenated alkanes) is 3. The van der Waals surface area contributed by atoms with Gasteiger partial charge in [0.25, 0.3) is 0 Å². The molecule has 6 heteroatoms. The third kappa shape index (κ3) is 7.99. The van der Waals surface area contributed by atoms with Gasteiger partial charge in [-0.05, 0) is 163 Å². The Labute approximate surface area is 458 Å². The number of hydrogen-bond acceptors (Lipinski definition) is 5. The summed E-state index contributed by atoms with van der Waals surface area (Å²) in [6.45, 7) is 6.54. The van der Waals surface area contributed by atoms with E-state index in [9.17, 15) is 0 Å². The highest BCUT2D eigenvalue weighted by molar-refractivity contribution is 6.94. The molecule has 14 rings (SSSR count). The molecule has 10 aromatic carbocycles. The van der Waals surface area contributed by atoms with Crippen molar-refractivity contribution in [1.82, 2.24) is 0 Å². The first-order valence-electron chi connectivity index (χ1n) is 28.5. The number of furan rings is 2. The van der Waals surface area contributed by atoms with Crippen LogP contribution >= 0.6 is 0 Å². The van der Waals surface area contributed by atoms with Crippen molar-refractivity contribution in [3.63, 3.8) is 0 Å². The molecule has 5 nitrogen and oxygen atoms in total. The van der Waals surface area contributed by atoms with Crippen LogP contribution in [0.25, 0.3) is 66.1 Å². The molecule has 12 aromatic rings. The maximum atomic E-state index is 7.24. The van der Waals surface area contributed by atoms with Crippen LogP contribution in [-0.2, 0) is 19.3 Å². The predicted octanol–water partition coefficient (Wildman–Crippen LogP) is 19.4. The molecule has 78 heavy (non-hydrogen) atoms. The summed E-state index contributed by atoms with van der Waals surface area (Å²) >= 11 is 0. The summed E-state index contributed by atoms with van der Waals surface area (Å²) in [5, 5.41) is 4.39. The van der Waals surface area contributed by atoms with E-state index in [1.54, 1.807) is 0 Å². The lowest BCUT2D eigenvalue weighted by Gasteiger charge is -2.46. The molecule has 2 aromatic heterocycles. The van der Waals surface area contributed by atoms with Crippen molar-refractivity contribution < 1.29 is 8.83 Å². The number of anilines is 8. The minimum Gasteiger partial charge on any atom is -0.456 e. The van der Waals surface area contributed by atoms with E-state index in [4.69, 9.17) is 8.83 Å². The Hall–Kier alpha value is -8.74. The van der Waals surface area contributed by atoms with E-state index in [1.165, 1.54) is 51.6 Å². The number of hydrogen-bond donors (Lipinski definition) is 0. The third-order valence-corrected chi connectivity index (χ3v) is 16.6. The zero-order valence-electron chi connectivity index (χ0n) is 44.8. The fraction of sp³-hybridized carbons (Fsp3) is 0.167. The molecule has 0 N–H and O–H groups in total. The van der Waals surface area contributed by atoms with Gasteiger partial charge in [-0.1, -0.05) is 161 Å². The summed E-state index contributed by atoms with van der Waals surface area (Å²) in [5.74, 6) is 0. The molecule has 4 heterocycles. The maximum absolute atomic E-state index is 7.24. The lowest BCUT2D eigenvalue weighted by Crippen LogP contribution is -2.61. The number of fused-ring (bicyclic) bond motifs is 12. The van der Waals surface area contributed by atoms with E-state index in [1.807, 2.05) is 0 Å². The Morgan fingerprint density at radius 2 is 1.04 bits per heavy atom. The van der Waals surface area contributed by atoms with Gasteiger partial charge in [0.15, 0.2) is 0 Å². The number of aryl methyl sites for hydroxylation is 3. The summed E-state index contributed by atoms with van der Waals surface area (Å²) < 4.78 is 14.1. The SMILES string of the molecule is CCCCc1ccc(N2B3c4ccc(N(c5ccccc5)c5ccc(CCCC)cc5)cc4N(c4ccc(CCCC)cc4-c4ccccc4)c4cc5c(oc6ccccc65)c(c43)-c3ccc4oc5ccccc5c4c32)cc1. The third-order valence-electron chi connectivity index (χ3n) is 16.6. The molecule has 0 atom stereocenters. The molecule has 0 unspecified atom stereocenters. The second-order valence-electron chi connectivity index (χ2n) is 21.5. The van der Waals surface area contributed by atoms with Crippen LogP contribution in [0.4, 0.5) is 45.5 Å². The van der Waals surface area contributed by atoms with Crippen molar-refractivity contribution in [2.75, 3.05) is 14.6 Å². The summed E-state index contributed by atoms with van der Waals surface area (Å²) in [5.41, 5.74) is 23.6. The van der Waals surface area contributed by atoms with E-state index in [-0.39, 0.29) is 6.85 Å². The molecule has 0 amide bonds. The van der Waals surface area contributed by atoms with Gasteiger partial charge in [0.1, 0.15) is 22.3 Å². The van der Waals surface area contributed by atoms with Crippen LogP contribution < -0.4 is 25.5 Å². The number of para-hydroxylation sites is 3. The fourth-order valence-corrected chi connectivity index (χ4v) is 12.7. The first-order chi connectivity index (χ1) is 38.6. The summed E-state index contributed by atoms with van der Waals surface area (Å²) in [6.07, 6.45) is 10.0. The lowest BCUT2D eigenvalue weighted by molar-refractivity contribution is 0.668. The van der Waals surface area contributed by atoms with Crippen LogP contribution in [0.1, 0.15) is 76.0 Å². The Balaban J connectivity index is 1.12. The van der Waals surface area contributed by atoms with Crippen molar-refractivity contribution in [3.05, 3.63) is 229 Å². The van der Waals surface area contributed by atoms with E-state index in [2.05, 4.69) is 248 Å². The van der Waals surface area contributed by atoms with E-state index in [0.29, 0.717) is 0 Å². The second-order valence-corrected chi connectivity index (χ2v) is 21.5. The van der Waals surface area contributed by atoms with Crippen LogP contribution in [0.2, 0.25) is 0 Å². The van der Waals surface area contributed by atoms with Crippen molar-refractivity contribution in [1.29, 1.82) is 0 Å². The van der Waals surface area contributed by atoms with Gasteiger partial charge >= 0.3 is 6.85 Å². The Bertz CT molecular complexity index is 4180. The largest absolute Gasteiger partial charge is 0.456 e. The molecule has 0 bridgehead atoms.